The van der Waals surface area contributed by atoms with Crippen LogP contribution in [0.4, 0.5) is 0 Å². The van der Waals surface area contributed by atoms with E-state index in [0.29, 0.717) is 0 Å². The van der Waals surface area contributed by atoms with Crippen LogP contribution in [0.3, 0.4) is 0 Å². The standard InChI is InChI=1S/C13H26N4/c1-4-7-14-8-6-9-15-10-12-11-17(3)16-13(12)5-2/h11,14-15H,4-10H2,1-3H3. The van der Waals surface area contributed by atoms with Gasteiger partial charge in [-0.1, -0.05) is 13.8 Å². The SMILES string of the molecule is CCCNCCCNCc1cn(C)nc1CC. The molecule has 4 heteroatoms. The summed E-state index contributed by atoms with van der Waals surface area (Å²) >= 11 is 0. The molecule has 1 aromatic heterocycles. The van der Waals surface area contributed by atoms with Gasteiger partial charge in [-0.3, -0.25) is 4.68 Å². The molecule has 0 aromatic carbocycles. The van der Waals surface area contributed by atoms with Gasteiger partial charge in [-0.15, -0.1) is 0 Å². The number of rotatable bonds is 9. The average Bonchev–Trinajstić information content (AvgIpc) is 2.68. The van der Waals surface area contributed by atoms with Gasteiger partial charge < -0.3 is 10.6 Å². The maximum Gasteiger partial charge on any atom is 0.0666 e. The molecular weight excluding hydrogens is 212 g/mol. The molecule has 0 saturated carbocycles. The number of hydrogen-bond donors (Lipinski definition) is 2. The van der Waals surface area contributed by atoms with E-state index < -0.39 is 0 Å². The van der Waals surface area contributed by atoms with Gasteiger partial charge in [-0.25, -0.2) is 0 Å². The number of nitrogens with one attached hydrogen (secondary N) is 2. The molecule has 1 rings (SSSR count). The molecule has 4 nitrogen and oxygen atoms in total. The third kappa shape index (κ3) is 5.33. The molecule has 0 atom stereocenters. The molecule has 0 fully saturated rings. The van der Waals surface area contributed by atoms with Crippen molar-refractivity contribution in [3.8, 4) is 0 Å². The van der Waals surface area contributed by atoms with Gasteiger partial charge in [0.2, 0.25) is 0 Å². The number of hydrogen-bond acceptors (Lipinski definition) is 3. The summed E-state index contributed by atoms with van der Waals surface area (Å²) in [6, 6.07) is 0. The van der Waals surface area contributed by atoms with Crippen LogP contribution in [0.2, 0.25) is 0 Å². The maximum atomic E-state index is 4.43. The predicted octanol–water partition coefficient (Wildman–Crippen LogP) is 1.46. The minimum Gasteiger partial charge on any atom is -0.317 e. The lowest BCUT2D eigenvalue weighted by molar-refractivity contribution is 0.591. The first-order chi connectivity index (χ1) is 8.27. The van der Waals surface area contributed by atoms with Crippen LogP contribution in [0.1, 0.15) is 37.9 Å². The lowest BCUT2D eigenvalue weighted by Crippen LogP contribution is -2.22. The van der Waals surface area contributed by atoms with Crippen LogP contribution >= 0.6 is 0 Å². The Kier molecular flexibility index (Phi) is 6.89. The molecule has 0 saturated heterocycles. The van der Waals surface area contributed by atoms with Crippen molar-refractivity contribution in [2.24, 2.45) is 7.05 Å². The first-order valence-electron chi connectivity index (χ1n) is 6.70. The van der Waals surface area contributed by atoms with Crippen LogP contribution in [0, 0.1) is 0 Å². The van der Waals surface area contributed by atoms with Crippen LogP contribution in [0.15, 0.2) is 6.20 Å². The van der Waals surface area contributed by atoms with E-state index in [0.717, 1.165) is 32.6 Å². The highest BCUT2D eigenvalue weighted by Crippen LogP contribution is 2.06. The highest BCUT2D eigenvalue weighted by molar-refractivity contribution is 5.16. The van der Waals surface area contributed by atoms with Crippen LogP contribution < -0.4 is 10.6 Å². The molecule has 0 unspecified atom stereocenters. The molecule has 0 aliphatic rings. The lowest BCUT2D eigenvalue weighted by Gasteiger charge is -2.05. The van der Waals surface area contributed by atoms with Crippen molar-refractivity contribution in [1.82, 2.24) is 20.4 Å². The Balaban J connectivity index is 2.13. The highest BCUT2D eigenvalue weighted by Gasteiger charge is 2.04. The van der Waals surface area contributed by atoms with Crippen molar-refractivity contribution in [3.05, 3.63) is 17.5 Å². The fraction of sp³-hybridized carbons (Fsp3) is 0.769. The number of aryl methyl sites for hydroxylation is 2. The van der Waals surface area contributed by atoms with E-state index in [2.05, 4.69) is 35.8 Å². The summed E-state index contributed by atoms with van der Waals surface area (Å²) in [6.07, 6.45) is 5.52. The Hall–Kier alpha value is -0.870. The third-order valence-electron chi connectivity index (χ3n) is 2.78. The van der Waals surface area contributed by atoms with Crippen molar-refractivity contribution < 1.29 is 0 Å². The van der Waals surface area contributed by atoms with E-state index in [-0.39, 0.29) is 0 Å². The maximum absolute atomic E-state index is 4.43. The predicted molar refractivity (Wildman–Crippen MR) is 72.1 cm³/mol. The van der Waals surface area contributed by atoms with Crippen molar-refractivity contribution in [3.63, 3.8) is 0 Å². The summed E-state index contributed by atoms with van der Waals surface area (Å²) in [5.41, 5.74) is 2.54. The second kappa shape index (κ2) is 8.25. The topological polar surface area (TPSA) is 41.9 Å². The van der Waals surface area contributed by atoms with Gasteiger partial charge in [-0.2, -0.15) is 5.10 Å². The molecule has 0 aliphatic carbocycles. The van der Waals surface area contributed by atoms with E-state index in [1.807, 2.05) is 11.7 Å². The molecule has 1 heterocycles. The Morgan fingerprint density at radius 1 is 1.18 bits per heavy atom. The largest absolute Gasteiger partial charge is 0.317 e. The van der Waals surface area contributed by atoms with Gasteiger partial charge in [0.05, 0.1) is 5.69 Å². The molecule has 17 heavy (non-hydrogen) atoms. The van der Waals surface area contributed by atoms with Gasteiger partial charge in [0.25, 0.3) is 0 Å². The fourth-order valence-corrected chi connectivity index (χ4v) is 1.89. The molecule has 98 valence electrons. The minimum atomic E-state index is 0.935. The summed E-state index contributed by atoms with van der Waals surface area (Å²) in [6.45, 7) is 8.58. The first kappa shape index (κ1) is 14.2. The zero-order valence-corrected chi connectivity index (χ0v) is 11.4. The van der Waals surface area contributed by atoms with Crippen LogP contribution in [-0.4, -0.2) is 29.4 Å². The summed E-state index contributed by atoms with van der Waals surface area (Å²) in [4.78, 5) is 0. The summed E-state index contributed by atoms with van der Waals surface area (Å²) in [5, 5.41) is 11.3. The monoisotopic (exact) mass is 238 g/mol. The molecule has 0 amide bonds. The molecule has 0 bridgehead atoms. The van der Waals surface area contributed by atoms with Gasteiger partial charge in [-0.05, 0) is 38.9 Å². The summed E-state index contributed by atoms with van der Waals surface area (Å²) in [7, 11) is 1.98. The second-order valence-corrected chi connectivity index (χ2v) is 4.41. The van der Waals surface area contributed by atoms with Crippen molar-refractivity contribution in [1.29, 1.82) is 0 Å². The van der Waals surface area contributed by atoms with E-state index in [9.17, 15) is 0 Å². The Labute approximate surface area is 105 Å². The smallest absolute Gasteiger partial charge is 0.0666 e. The molecule has 0 aliphatic heterocycles. The lowest BCUT2D eigenvalue weighted by atomic mass is 10.2. The van der Waals surface area contributed by atoms with Gasteiger partial charge in [0, 0.05) is 25.4 Å². The van der Waals surface area contributed by atoms with Crippen molar-refractivity contribution >= 4 is 0 Å². The fourth-order valence-electron chi connectivity index (χ4n) is 1.89. The van der Waals surface area contributed by atoms with Gasteiger partial charge in [0.1, 0.15) is 0 Å². The third-order valence-corrected chi connectivity index (χ3v) is 2.78. The van der Waals surface area contributed by atoms with E-state index in [1.54, 1.807) is 0 Å². The first-order valence-corrected chi connectivity index (χ1v) is 6.70. The van der Waals surface area contributed by atoms with Crippen LogP contribution in [0.5, 0.6) is 0 Å². The molecule has 0 spiro atoms. The molecule has 1 aromatic rings. The summed E-state index contributed by atoms with van der Waals surface area (Å²) < 4.78 is 1.90. The average molecular weight is 238 g/mol. The van der Waals surface area contributed by atoms with E-state index >= 15 is 0 Å². The highest BCUT2D eigenvalue weighted by atomic mass is 15.3. The van der Waals surface area contributed by atoms with Crippen molar-refractivity contribution in [2.75, 3.05) is 19.6 Å². The minimum absolute atomic E-state index is 0.935. The second-order valence-electron chi connectivity index (χ2n) is 4.41. The number of aromatic nitrogens is 2. The van der Waals surface area contributed by atoms with E-state index in [1.165, 1.54) is 24.1 Å². The normalized spacial score (nSPS) is 11.0. The zero-order valence-electron chi connectivity index (χ0n) is 11.4. The Morgan fingerprint density at radius 2 is 1.94 bits per heavy atom. The van der Waals surface area contributed by atoms with Gasteiger partial charge in [0.15, 0.2) is 0 Å². The number of nitrogens with zero attached hydrogens (tertiary/aromatic N) is 2. The van der Waals surface area contributed by atoms with E-state index in [4.69, 9.17) is 0 Å². The quantitative estimate of drug-likeness (QED) is 0.640. The van der Waals surface area contributed by atoms with Gasteiger partial charge >= 0.3 is 0 Å². The zero-order chi connectivity index (χ0) is 12.5. The van der Waals surface area contributed by atoms with Crippen LogP contribution in [0.25, 0.3) is 0 Å². The van der Waals surface area contributed by atoms with Crippen molar-refractivity contribution in [2.45, 2.75) is 39.7 Å². The molecule has 2 N–H and O–H groups in total. The Morgan fingerprint density at radius 3 is 2.65 bits per heavy atom. The molecular formula is C13H26N4. The summed E-state index contributed by atoms with van der Waals surface area (Å²) in [5.74, 6) is 0. The van der Waals surface area contributed by atoms with Crippen LogP contribution in [-0.2, 0) is 20.0 Å². The Bertz CT molecular complexity index is 306. The molecule has 0 radical (unpaired) electrons.